The molecule has 4 aliphatic rings. The predicted molar refractivity (Wildman–Crippen MR) is 249 cm³/mol. The zero-order valence-corrected chi connectivity index (χ0v) is 40.8. The standard InChI is InChI=1S/C52H80N2O11/c1-11-39-25-32(3)24-33(4)26-45(61-9)48-46(62-10)28-36(7)52(60,65-48)49(57)50(58)54-23-13-12-14-42(54)51(59)64-47(34(5)17-22-43(39)56)35(6)27-38-18-21-41(53-30-37(8)55)44(29-38)63-40-19-15-31(2)16-20-40/h13,15-16,19-20,23,27,32-34,36-39,41-42,44-48,53,55,60H,11-12,14,17-18,21-22,24-26,28-30H2,1-10H3/t32?,33?,34?,36?,37-,38?,39?,41?,42?,44?,45?,46?,47?,48?,52?/m1/s1. The number of aryl methyl sites for hydroxylation is 1. The van der Waals surface area contributed by atoms with Crippen molar-refractivity contribution >= 4 is 23.4 Å². The van der Waals surface area contributed by atoms with Gasteiger partial charge in [0, 0.05) is 51.3 Å². The summed E-state index contributed by atoms with van der Waals surface area (Å²) in [6.45, 7) is 16.2. The summed E-state index contributed by atoms with van der Waals surface area (Å²) in [5.74, 6) is -5.18. The van der Waals surface area contributed by atoms with Crippen LogP contribution in [0.1, 0.15) is 131 Å². The first-order valence-electron chi connectivity index (χ1n) is 24.4. The number of hydrogen-bond acceptors (Lipinski definition) is 12. The molecule has 14 unspecified atom stereocenters. The van der Waals surface area contributed by atoms with Crippen LogP contribution >= 0.6 is 0 Å². The second kappa shape index (κ2) is 24.0. The number of rotatable bonds is 10. The fourth-order valence-corrected chi connectivity index (χ4v) is 10.8. The van der Waals surface area contributed by atoms with Crippen molar-refractivity contribution < 1.29 is 53.1 Å². The van der Waals surface area contributed by atoms with Crippen molar-refractivity contribution in [2.75, 3.05) is 20.8 Å². The lowest BCUT2D eigenvalue weighted by Gasteiger charge is -2.46. The molecule has 2 bridgehead atoms. The lowest BCUT2D eigenvalue weighted by atomic mass is 9.80. The molecule has 0 spiro atoms. The van der Waals surface area contributed by atoms with Gasteiger partial charge in [0.1, 0.15) is 35.9 Å². The van der Waals surface area contributed by atoms with Gasteiger partial charge in [-0.15, -0.1) is 0 Å². The van der Waals surface area contributed by atoms with Crippen molar-refractivity contribution in [2.45, 2.75) is 187 Å². The zero-order valence-electron chi connectivity index (χ0n) is 40.8. The van der Waals surface area contributed by atoms with E-state index >= 15 is 0 Å². The van der Waals surface area contributed by atoms with Gasteiger partial charge in [-0.2, -0.15) is 0 Å². The first-order chi connectivity index (χ1) is 30.9. The van der Waals surface area contributed by atoms with Gasteiger partial charge >= 0.3 is 11.9 Å². The van der Waals surface area contributed by atoms with Crippen molar-refractivity contribution in [3.8, 4) is 5.75 Å². The smallest absolute Gasteiger partial charge is 0.329 e. The van der Waals surface area contributed by atoms with Crippen LogP contribution in [0.25, 0.3) is 0 Å². The van der Waals surface area contributed by atoms with Crippen LogP contribution in [0.2, 0.25) is 0 Å². The summed E-state index contributed by atoms with van der Waals surface area (Å²) in [5, 5.41) is 25.7. The molecule has 0 radical (unpaired) electrons. The molecule has 2 saturated heterocycles. The third-order valence-electron chi connectivity index (χ3n) is 14.6. The highest BCUT2D eigenvalue weighted by Gasteiger charge is 2.56. The number of aliphatic hydroxyl groups excluding tert-OH is 1. The van der Waals surface area contributed by atoms with Gasteiger partial charge < -0.3 is 39.2 Å². The number of carbonyl (C=O) groups excluding carboxylic acids is 4. The largest absolute Gasteiger partial charge is 0.489 e. The van der Waals surface area contributed by atoms with E-state index < -0.39 is 65.9 Å². The Bertz CT molecular complexity index is 1800. The Morgan fingerprint density at radius 1 is 0.923 bits per heavy atom. The molecule has 3 N–H and O–H groups in total. The molecule has 13 nitrogen and oxygen atoms in total. The Hall–Kier alpha value is -3.46. The molecule has 1 saturated carbocycles. The molecular weight excluding hydrogens is 829 g/mol. The molecule has 13 heteroatoms. The van der Waals surface area contributed by atoms with Crippen LogP contribution in [0.3, 0.4) is 0 Å². The van der Waals surface area contributed by atoms with Gasteiger partial charge in [-0.1, -0.05) is 64.5 Å². The maximum Gasteiger partial charge on any atom is 0.329 e. The number of Topliss-reactive ketones (excluding diaryl/α,β-unsaturated/α-hetero) is 2. The number of benzene rings is 1. The van der Waals surface area contributed by atoms with Gasteiger partial charge in [0.2, 0.25) is 5.79 Å². The van der Waals surface area contributed by atoms with Crippen molar-refractivity contribution in [1.29, 1.82) is 0 Å². The summed E-state index contributed by atoms with van der Waals surface area (Å²) in [6.07, 6.45) is 8.82. The lowest BCUT2D eigenvalue weighted by Crippen LogP contribution is -2.63. The number of nitrogens with zero attached hydrogens (tertiary/aromatic N) is 1. The Kier molecular flexibility index (Phi) is 19.4. The van der Waals surface area contributed by atoms with Crippen molar-refractivity contribution in [2.24, 2.45) is 35.5 Å². The molecule has 1 aliphatic carbocycles. The van der Waals surface area contributed by atoms with E-state index in [2.05, 4.69) is 32.2 Å². The van der Waals surface area contributed by atoms with E-state index in [1.54, 1.807) is 34.1 Å². The minimum atomic E-state index is -2.50. The van der Waals surface area contributed by atoms with Crippen molar-refractivity contribution in [3.05, 3.63) is 53.8 Å². The maximum absolute atomic E-state index is 14.5. The predicted octanol–water partition coefficient (Wildman–Crippen LogP) is 7.42. The summed E-state index contributed by atoms with van der Waals surface area (Å²) in [7, 11) is 3.12. The SMILES string of the molecule is CCC1CC(C)CC(C)CC(OC)C2OC(O)(C(=O)C(=O)N3C=CCCC3C(=O)OC(C(C)=CC3CCC(NC[C@@H](C)O)C(Oc4ccc(C)cc4)C3)C(C)CCC1=O)C(C)CC2OC. The molecule has 0 aromatic heterocycles. The lowest BCUT2D eigenvalue weighted by molar-refractivity contribution is -0.302. The number of nitrogens with one attached hydrogen (secondary N) is 1. The first-order valence-corrected chi connectivity index (χ1v) is 24.4. The van der Waals surface area contributed by atoms with Gasteiger partial charge in [0.25, 0.3) is 5.78 Å². The number of amides is 1. The fraction of sp³-hybridized carbons (Fsp3) is 0.731. The van der Waals surface area contributed by atoms with Crippen molar-refractivity contribution in [1.82, 2.24) is 10.2 Å². The maximum atomic E-state index is 14.5. The number of aliphatic hydroxyl groups is 2. The summed E-state index contributed by atoms with van der Waals surface area (Å²) >= 11 is 0. The Labute approximate surface area is 388 Å². The molecular formula is C52H80N2O11. The van der Waals surface area contributed by atoms with E-state index in [-0.39, 0.29) is 60.4 Å². The fourth-order valence-electron chi connectivity index (χ4n) is 10.8. The van der Waals surface area contributed by atoms with Gasteiger partial charge in [0.15, 0.2) is 0 Å². The van der Waals surface area contributed by atoms with Crippen LogP contribution < -0.4 is 10.1 Å². The van der Waals surface area contributed by atoms with Crippen molar-refractivity contribution in [3.63, 3.8) is 0 Å². The topological polar surface area (TPSA) is 170 Å². The third-order valence-corrected chi connectivity index (χ3v) is 14.6. The molecule has 3 heterocycles. The average Bonchev–Trinajstić information content (AvgIpc) is 3.28. The molecule has 3 fully saturated rings. The highest BCUT2D eigenvalue weighted by Crippen LogP contribution is 2.40. The second-order valence-electron chi connectivity index (χ2n) is 20.2. The minimum Gasteiger partial charge on any atom is -0.489 e. The number of methoxy groups -OCH3 is 2. The molecule has 1 aromatic carbocycles. The summed E-state index contributed by atoms with van der Waals surface area (Å²) < 4.78 is 31.2. The molecule has 5 rings (SSSR count). The minimum absolute atomic E-state index is 0.0181. The highest BCUT2D eigenvalue weighted by molar-refractivity contribution is 6.39. The number of hydrogen-bond donors (Lipinski definition) is 3. The monoisotopic (exact) mass is 909 g/mol. The number of esters is 1. The van der Waals surface area contributed by atoms with E-state index in [4.69, 9.17) is 23.7 Å². The zero-order chi connectivity index (χ0) is 47.6. The normalized spacial score (nSPS) is 36.9. The van der Waals surface area contributed by atoms with Crippen LogP contribution in [-0.4, -0.2) is 114 Å². The number of ether oxygens (including phenoxy) is 5. The van der Waals surface area contributed by atoms with Gasteiger partial charge in [-0.3, -0.25) is 19.3 Å². The first kappa shape index (κ1) is 52.5. The summed E-state index contributed by atoms with van der Waals surface area (Å²) in [6, 6.07) is 6.87. The van der Waals surface area contributed by atoms with E-state index in [1.807, 2.05) is 45.0 Å². The van der Waals surface area contributed by atoms with E-state index in [0.29, 0.717) is 38.6 Å². The third kappa shape index (κ3) is 13.6. The molecule has 364 valence electrons. The Balaban J connectivity index is 1.47. The number of carbonyl (C=O) groups is 4. The Morgan fingerprint density at radius 3 is 2.26 bits per heavy atom. The number of cyclic esters (lactones) is 1. The molecule has 1 aromatic rings. The van der Waals surface area contributed by atoms with Crippen LogP contribution in [-0.2, 0) is 38.1 Å². The van der Waals surface area contributed by atoms with Crippen LogP contribution in [0.5, 0.6) is 5.75 Å². The molecule has 15 atom stereocenters. The number of ketones is 2. The summed E-state index contributed by atoms with van der Waals surface area (Å²) in [5.41, 5.74) is 1.97. The van der Waals surface area contributed by atoms with Gasteiger partial charge in [-0.05, 0) is 133 Å². The van der Waals surface area contributed by atoms with Gasteiger partial charge in [0.05, 0.1) is 18.3 Å². The van der Waals surface area contributed by atoms with E-state index in [0.717, 1.165) is 53.9 Å². The summed E-state index contributed by atoms with van der Waals surface area (Å²) in [4.78, 5) is 58.3. The van der Waals surface area contributed by atoms with Crippen LogP contribution in [0, 0.1) is 42.4 Å². The average molecular weight is 909 g/mol. The molecule has 1 amide bonds. The van der Waals surface area contributed by atoms with E-state index in [1.165, 1.54) is 6.20 Å². The number of fused-ring (bicyclic) bond motifs is 3. The second-order valence-corrected chi connectivity index (χ2v) is 20.2. The quantitative estimate of drug-likeness (QED) is 0.121. The van der Waals surface area contributed by atoms with Crippen LogP contribution in [0.4, 0.5) is 0 Å². The highest BCUT2D eigenvalue weighted by atomic mass is 16.7. The molecule has 3 aliphatic heterocycles. The van der Waals surface area contributed by atoms with E-state index in [9.17, 15) is 29.4 Å². The Morgan fingerprint density at radius 2 is 1.60 bits per heavy atom. The molecule has 65 heavy (non-hydrogen) atoms. The van der Waals surface area contributed by atoms with Gasteiger partial charge in [-0.25, -0.2) is 4.79 Å². The number of allylic oxidation sites excluding steroid dienone is 2. The van der Waals surface area contributed by atoms with Crippen LogP contribution in [0.15, 0.2) is 48.2 Å².